The predicted molar refractivity (Wildman–Crippen MR) is 86.7 cm³/mol. The number of nitrogens with two attached hydrogens (primary N) is 1. The van der Waals surface area contributed by atoms with E-state index in [-0.39, 0.29) is 11.9 Å². The monoisotopic (exact) mass is 288 g/mol. The van der Waals surface area contributed by atoms with E-state index in [0.29, 0.717) is 24.9 Å². The van der Waals surface area contributed by atoms with Gasteiger partial charge in [0.25, 0.3) is 0 Å². The Balaban J connectivity index is 2.02. The van der Waals surface area contributed by atoms with Gasteiger partial charge in [0.1, 0.15) is 0 Å². The minimum atomic E-state index is -0.00724. The van der Waals surface area contributed by atoms with Crippen molar-refractivity contribution in [1.29, 1.82) is 0 Å². The molecular formula is C18H28N2O. The fraction of sp³-hybridized carbons (Fsp3) is 0.611. The molecule has 0 aromatic heterocycles. The smallest absolute Gasteiger partial charge is 0.224 e. The van der Waals surface area contributed by atoms with Crippen LogP contribution in [0, 0.1) is 5.92 Å². The van der Waals surface area contributed by atoms with Crippen molar-refractivity contribution in [1.82, 2.24) is 4.90 Å². The maximum absolute atomic E-state index is 12.7. The Bertz CT molecular complexity index is 442. The normalized spacial score (nSPS) is 17.3. The summed E-state index contributed by atoms with van der Waals surface area (Å²) < 4.78 is 0. The molecule has 3 nitrogen and oxygen atoms in total. The molecule has 2 N–H and O–H groups in total. The second-order valence-corrected chi connectivity index (χ2v) is 6.34. The van der Waals surface area contributed by atoms with Crippen molar-refractivity contribution in [2.24, 2.45) is 11.7 Å². The molecule has 1 saturated carbocycles. The van der Waals surface area contributed by atoms with E-state index in [1.54, 1.807) is 0 Å². The molecule has 0 radical (unpaired) electrons. The van der Waals surface area contributed by atoms with E-state index in [1.807, 2.05) is 23.1 Å². The number of amides is 1. The molecule has 1 aromatic carbocycles. The van der Waals surface area contributed by atoms with E-state index >= 15 is 0 Å². The lowest BCUT2D eigenvalue weighted by Gasteiger charge is -2.30. The Hall–Kier alpha value is -1.35. The summed E-state index contributed by atoms with van der Waals surface area (Å²) in [5.41, 5.74) is 7.26. The van der Waals surface area contributed by atoms with Crippen molar-refractivity contribution in [3.05, 3.63) is 35.9 Å². The quantitative estimate of drug-likeness (QED) is 0.797. The van der Waals surface area contributed by atoms with Crippen LogP contribution in [-0.2, 0) is 11.3 Å². The second-order valence-electron chi connectivity index (χ2n) is 6.34. The van der Waals surface area contributed by atoms with Gasteiger partial charge in [0, 0.05) is 25.0 Å². The van der Waals surface area contributed by atoms with Crippen LogP contribution in [-0.4, -0.2) is 22.9 Å². The standard InChI is InChI=1S/C18H28N2O/c1-3-7-17(19)12-18(21)20(14(2)16-10-11-16)13-15-8-5-4-6-9-15/h4-6,8-9,14,16-17H,3,7,10-13,19H2,1-2H3. The first-order chi connectivity index (χ1) is 10.1. The van der Waals surface area contributed by atoms with E-state index in [0.717, 1.165) is 12.8 Å². The number of carbonyl (C=O) groups is 1. The molecule has 116 valence electrons. The molecular weight excluding hydrogens is 260 g/mol. The Morgan fingerprint density at radius 1 is 1.33 bits per heavy atom. The summed E-state index contributed by atoms with van der Waals surface area (Å²) >= 11 is 0. The van der Waals surface area contributed by atoms with Crippen molar-refractivity contribution < 1.29 is 4.79 Å². The minimum Gasteiger partial charge on any atom is -0.335 e. The Morgan fingerprint density at radius 3 is 2.57 bits per heavy atom. The molecule has 2 rings (SSSR count). The summed E-state index contributed by atoms with van der Waals surface area (Å²) in [6.45, 7) is 5.00. The Labute approximate surface area is 128 Å². The summed E-state index contributed by atoms with van der Waals surface area (Å²) in [6.07, 6.45) is 4.92. The van der Waals surface area contributed by atoms with Crippen LogP contribution in [0.2, 0.25) is 0 Å². The lowest BCUT2D eigenvalue weighted by Crippen LogP contribution is -2.42. The van der Waals surface area contributed by atoms with Crippen molar-refractivity contribution in [3.63, 3.8) is 0 Å². The molecule has 1 aromatic rings. The molecule has 0 aliphatic heterocycles. The topological polar surface area (TPSA) is 46.3 Å². The van der Waals surface area contributed by atoms with Crippen molar-refractivity contribution in [3.8, 4) is 0 Å². The third-order valence-corrected chi connectivity index (χ3v) is 4.41. The molecule has 0 heterocycles. The van der Waals surface area contributed by atoms with Gasteiger partial charge in [-0.05, 0) is 37.7 Å². The maximum atomic E-state index is 12.7. The zero-order valence-corrected chi connectivity index (χ0v) is 13.3. The zero-order chi connectivity index (χ0) is 15.2. The van der Waals surface area contributed by atoms with Gasteiger partial charge in [-0.15, -0.1) is 0 Å². The second kappa shape index (κ2) is 7.60. The van der Waals surface area contributed by atoms with E-state index in [9.17, 15) is 4.79 Å². The van der Waals surface area contributed by atoms with Crippen LogP contribution in [0.25, 0.3) is 0 Å². The fourth-order valence-electron chi connectivity index (χ4n) is 2.89. The number of carbonyl (C=O) groups excluding carboxylic acids is 1. The highest BCUT2D eigenvalue weighted by Crippen LogP contribution is 2.36. The van der Waals surface area contributed by atoms with Gasteiger partial charge in [-0.25, -0.2) is 0 Å². The Kier molecular flexibility index (Phi) is 5.80. The first kappa shape index (κ1) is 16.0. The highest BCUT2D eigenvalue weighted by Gasteiger charge is 2.34. The van der Waals surface area contributed by atoms with E-state index in [4.69, 9.17) is 5.73 Å². The molecule has 2 unspecified atom stereocenters. The van der Waals surface area contributed by atoms with Gasteiger partial charge in [-0.2, -0.15) is 0 Å². The average molecular weight is 288 g/mol. The molecule has 0 bridgehead atoms. The lowest BCUT2D eigenvalue weighted by atomic mass is 10.1. The van der Waals surface area contributed by atoms with E-state index < -0.39 is 0 Å². The first-order valence-electron chi connectivity index (χ1n) is 8.20. The number of nitrogens with zero attached hydrogens (tertiary/aromatic N) is 1. The van der Waals surface area contributed by atoms with Gasteiger partial charge in [-0.1, -0.05) is 43.7 Å². The lowest BCUT2D eigenvalue weighted by molar-refractivity contribution is -0.134. The molecule has 0 saturated heterocycles. The van der Waals surface area contributed by atoms with Gasteiger partial charge >= 0.3 is 0 Å². The number of rotatable bonds is 8. The van der Waals surface area contributed by atoms with E-state index in [2.05, 4.69) is 26.0 Å². The van der Waals surface area contributed by atoms with Crippen LogP contribution in [0.5, 0.6) is 0 Å². The molecule has 1 aliphatic rings. The SMILES string of the molecule is CCCC(N)CC(=O)N(Cc1ccccc1)C(C)C1CC1. The third-order valence-electron chi connectivity index (χ3n) is 4.41. The van der Waals surface area contributed by atoms with Crippen LogP contribution >= 0.6 is 0 Å². The van der Waals surface area contributed by atoms with Crippen molar-refractivity contribution in [2.75, 3.05) is 0 Å². The van der Waals surface area contributed by atoms with Gasteiger partial charge in [0.15, 0.2) is 0 Å². The molecule has 21 heavy (non-hydrogen) atoms. The fourth-order valence-corrected chi connectivity index (χ4v) is 2.89. The van der Waals surface area contributed by atoms with Crippen LogP contribution in [0.15, 0.2) is 30.3 Å². The summed E-state index contributed by atoms with van der Waals surface area (Å²) in [6, 6.07) is 10.6. The molecule has 1 amide bonds. The summed E-state index contributed by atoms with van der Waals surface area (Å²) in [4.78, 5) is 14.7. The molecule has 2 atom stereocenters. The largest absolute Gasteiger partial charge is 0.335 e. The van der Waals surface area contributed by atoms with Gasteiger partial charge in [0.2, 0.25) is 5.91 Å². The Morgan fingerprint density at radius 2 is 2.00 bits per heavy atom. The van der Waals surface area contributed by atoms with Crippen LogP contribution in [0.1, 0.15) is 51.5 Å². The molecule has 1 fully saturated rings. The summed E-state index contributed by atoms with van der Waals surface area (Å²) in [5.74, 6) is 0.888. The van der Waals surface area contributed by atoms with Crippen LogP contribution in [0.3, 0.4) is 0 Å². The summed E-state index contributed by atoms with van der Waals surface area (Å²) in [5, 5.41) is 0. The maximum Gasteiger partial charge on any atom is 0.224 e. The predicted octanol–water partition coefficient (Wildman–Crippen LogP) is 3.33. The van der Waals surface area contributed by atoms with Crippen LogP contribution in [0.4, 0.5) is 0 Å². The highest BCUT2D eigenvalue weighted by molar-refractivity contribution is 5.77. The first-order valence-corrected chi connectivity index (χ1v) is 8.20. The molecule has 0 spiro atoms. The number of hydrogen-bond acceptors (Lipinski definition) is 2. The highest BCUT2D eigenvalue weighted by atomic mass is 16.2. The van der Waals surface area contributed by atoms with Crippen molar-refractivity contribution in [2.45, 2.75) is 64.6 Å². The number of benzene rings is 1. The van der Waals surface area contributed by atoms with E-state index in [1.165, 1.54) is 18.4 Å². The van der Waals surface area contributed by atoms with Gasteiger partial charge < -0.3 is 10.6 Å². The molecule has 3 heteroatoms. The molecule has 1 aliphatic carbocycles. The third kappa shape index (κ3) is 4.85. The number of hydrogen-bond donors (Lipinski definition) is 1. The van der Waals surface area contributed by atoms with Gasteiger partial charge in [0.05, 0.1) is 0 Å². The zero-order valence-electron chi connectivity index (χ0n) is 13.3. The van der Waals surface area contributed by atoms with Crippen molar-refractivity contribution >= 4 is 5.91 Å². The summed E-state index contributed by atoms with van der Waals surface area (Å²) in [7, 11) is 0. The minimum absolute atomic E-state index is 0.00724. The van der Waals surface area contributed by atoms with Gasteiger partial charge in [-0.3, -0.25) is 4.79 Å². The average Bonchev–Trinajstić information content (AvgIpc) is 3.30. The van der Waals surface area contributed by atoms with Crippen LogP contribution < -0.4 is 5.73 Å².